The number of nitrogen functional groups attached to an aromatic ring is 1. The number of aromatic nitrogens is 2. The molecular formula is C11H14N4O2S3. The zero-order valence-electron chi connectivity index (χ0n) is 11.0. The molecule has 0 radical (unpaired) electrons. The van der Waals surface area contributed by atoms with Gasteiger partial charge in [-0.05, 0) is 36.8 Å². The molecule has 108 valence electrons. The Morgan fingerprint density at radius 3 is 2.80 bits per heavy atom. The molecule has 20 heavy (non-hydrogen) atoms. The van der Waals surface area contributed by atoms with Gasteiger partial charge in [-0.15, -0.1) is 0 Å². The lowest BCUT2D eigenvalue weighted by atomic mass is 10.3. The van der Waals surface area contributed by atoms with E-state index in [1.54, 1.807) is 12.1 Å². The predicted octanol–water partition coefficient (Wildman–Crippen LogP) is 1.74. The second-order valence-electron chi connectivity index (χ2n) is 3.84. The maximum absolute atomic E-state index is 11.8. The highest BCUT2D eigenvalue weighted by molar-refractivity contribution is 8.01. The van der Waals surface area contributed by atoms with Gasteiger partial charge < -0.3 is 5.73 Å². The normalized spacial score (nSPS) is 11.7. The monoisotopic (exact) mass is 330 g/mol. The van der Waals surface area contributed by atoms with E-state index in [2.05, 4.69) is 14.1 Å². The van der Waals surface area contributed by atoms with Crippen molar-refractivity contribution in [3.8, 4) is 0 Å². The third-order valence-corrected chi connectivity index (χ3v) is 5.80. The molecule has 1 aromatic carbocycles. The van der Waals surface area contributed by atoms with Crippen LogP contribution >= 0.6 is 23.3 Å². The zero-order chi connectivity index (χ0) is 14.8. The number of benzene rings is 1. The first-order valence-electron chi connectivity index (χ1n) is 5.79. The van der Waals surface area contributed by atoms with E-state index in [4.69, 9.17) is 5.73 Å². The van der Waals surface area contributed by atoms with Crippen LogP contribution in [0.25, 0.3) is 0 Å². The molecular weight excluding hydrogens is 316 g/mol. The summed E-state index contributed by atoms with van der Waals surface area (Å²) in [4.78, 5) is 5.16. The van der Waals surface area contributed by atoms with Gasteiger partial charge in [0.15, 0.2) is 4.34 Å². The van der Waals surface area contributed by atoms with Gasteiger partial charge in [0.2, 0.25) is 10.0 Å². The van der Waals surface area contributed by atoms with E-state index in [0.717, 1.165) is 16.6 Å². The van der Waals surface area contributed by atoms with Crippen LogP contribution < -0.4 is 10.5 Å². The van der Waals surface area contributed by atoms with Crippen molar-refractivity contribution in [1.29, 1.82) is 0 Å². The van der Waals surface area contributed by atoms with Crippen LogP contribution in [-0.4, -0.2) is 24.8 Å². The van der Waals surface area contributed by atoms with Gasteiger partial charge in [-0.1, -0.05) is 18.7 Å². The standard InChI is InChI=1S/C11H14N4O2S3/c1-3-10-14-11(19-15-10)18-9-6-7(4-5-8(9)12)20(16,17)13-2/h4-6,13H,3,12H2,1-2H3. The minimum Gasteiger partial charge on any atom is -0.398 e. The molecule has 3 N–H and O–H groups in total. The fourth-order valence-electron chi connectivity index (χ4n) is 1.41. The fraction of sp³-hybridized carbons (Fsp3) is 0.273. The number of nitrogens with one attached hydrogen (secondary N) is 1. The molecule has 6 nitrogen and oxygen atoms in total. The van der Waals surface area contributed by atoms with Gasteiger partial charge in [0, 0.05) is 17.0 Å². The van der Waals surface area contributed by atoms with Crippen LogP contribution in [-0.2, 0) is 16.4 Å². The van der Waals surface area contributed by atoms with Crippen LogP contribution in [0, 0.1) is 0 Å². The molecule has 0 aliphatic carbocycles. The van der Waals surface area contributed by atoms with Crippen LogP contribution in [0.15, 0.2) is 32.3 Å². The molecule has 0 aliphatic heterocycles. The lowest BCUT2D eigenvalue weighted by Crippen LogP contribution is -2.18. The van der Waals surface area contributed by atoms with Crippen molar-refractivity contribution in [3.05, 3.63) is 24.0 Å². The van der Waals surface area contributed by atoms with E-state index in [-0.39, 0.29) is 4.90 Å². The van der Waals surface area contributed by atoms with Gasteiger partial charge in [0.25, 0.3) is 0 Å². The Hall–Kier alpha value is -1.16. The molecule has 0 saturated heterocycles. The summed E-state index contributed by atoms with van der Waals surface area (Å²) in [5.41, 5.74) is 6.39. The highest BCUT2D eigenvalue weighted by Crippen LogP contribution is 2.34. The summed E-state index contributed by atoms with van der Waals surface area (Å²) >= 11 is 2.60. The van der Waals surface area contributed by atoms with E-state index in [1.165, 1.54) is 36.4 Å². The van der Waals surface area contributed by atoms with Crippen molar-refractivity contribution < 1.29 is 8.42 Å². The molecule has 0 spiro atoms. The molecule has 1 heterocycles. The SMILES string of the molecule is CCc1nsc(Sc2cc(S(=O)(=O)NC)ccc2N)n1. The van der Waals surface area contributed by atoms with Crippen molar-refractivity contribution in [3.63, 3.8) is 0 Å². The van der Waals surface area contributed by atoms with Crippen molar-refractivity contribution in [2.45, 2.75) is 27.5 Å². The number of hydrogen-bond donors (Lipinski definition) is 2. The van der Waals surface area contributed by atoms with E-state index in [0.29, 0.717) is 10.6 Å². The van der Waals surface area contributed by atoms with Crippen molar-refractivity contribution in [1.82, 2.24) is 14.1 Å². The average Bonchev–Trinajstić information content (AvgIpc) is 2.89. The number of hydrogen-bond acceptors (Lipinski definition) is 7. The Morgan fingerprint density at radius 1 is 1.45 bits per heavy atom. The number of sulfonamides is 1. The summed E-state index contributed by atoms with van der Waals surface area (Å²) in [6.07, 6.45) is 0.765. The highest BCUT2D eigenvalue weighted by Gasteiger charge is 2.15. The van der Waals surface area contributed by atoms with Gasteiger partial charge >= 0.3 is 0 Å². The lowest BCUT2D eigenvalue weighted by Gasteiger charge is -2.07. The van der Waals surface area contributed by atoms with E-state index in [9.17, 15) is 8.42 Å². The number of aryl methyl sites for hydroxylation is 1. The van der Waals surface area contributed by atoms with Crippen LogP contribution in [0.5, 0.6) is 0 Å². The van der Waals surface area contributed by atoms with Gasteiger partial charge in [-0.3, -0.25) is 0 Å². The number of nitrogens with zero attached hydrogens (tertiary/aromatic N) is 2. The largest absolute Gasteiger partial charge is 0.398 e. The summed E-state index contributed by atoms with van der Waals surface area (Å²) in [7, 11) is -2.11. The van der Waals surface area contributed by atoms with Gasteiger partial charge in [-0.25, -0.2) is 18.1 Å². The Balaban J connectivity index is 2.34. The average molecular weight is 330 g/mol. The van der Waals surface area contributed by atoms with Crippen molar-refractivity contribution in [2.75, 3.05) is 12.8 Å². The zero-order valence-corrected chi connectivity index (χ0v) is 13.4. The summed E-state index contributed by atoms with van der Waals surface area (Å²) in [6.45, 7) is 1.98. The molecule has 0 saturated carbocycles. The van der Waals surface area contributed by atoms with Crippen molar-refractivity contribution >= 4 is 39.0 Å². The molecule has 2 aromatic rings. The minimum absolute atomic E-state index is 0.178. The van der Waals surface area contributed by atoms with Crippen LogP contribution in [0.4, 0.5) is 5.69 Å². The number of anilines is 1. The van der Waals surface area contributed by atoms with Crippen LogP contribution in [0.3, 0.4) is 0 Å². The Kier molecular flexibility index (Phi) is 4.63. The predicted molar refractivity (Wildman–Crippen MR) is 80.5 cm³/mol. The molecule has 0 unspecified atom stereocenters. The van der Waals surface area contributed by atoms with E-state index < -0.39 is 10.0 Å². The summed E-state index contributed by atoms with van der Waals surface area (Å²) in [5.74, 6) is 0.773. The maximum atomic E-state index is 11.8. The smallest absolute Gasteiger partial charge is 0.240 e. The van der Waals surface area contributed by atoms with Gasteiger partial charge in [0.1, 0.15) is 5.82 Å². The second-order valence-corrected chi connectivity index (χ2v) is 7.77. The summed E-state index contributed by atoms with van der Waals surface area (Å²) in [6, 6.07) is 4.59. The first-order chi connectivity index (χ1) is 9.46. The minimum atomic E-state index is -3.48. The number of rotatable bonds is 5. The third kappa shape index (κ3) is 3.29. The quantitative estimate of drug-likeness (QED) is 0.810. The first kappa shape index (κ1) is 15.2. The fourth-order valence-corrected chi connectivity index (χ4v) is 3.98. The Bertz CT molecular complexity index is 712. The van der Waals surface area contributed by atoms with E-state index in [1.807, 2.05) is 6.92 Å². The first-order valence-corrected chi connectivity index (χ1v) is 8.87. The molecule has 2 rings (SSSR count). The van der Waals surface area contributed by atoms with Gasteiger partial charge in [-0.2, -0.15) is 4.37 Å². The van der Waals surface area contributed by atoms with E-state index >= 15 is 0 Å². The maximum Gasteiger partial charge on any atom is 0.240 e. The summed E-state index contributed by atoms with van der Waals surface area (Å²) in [5, 5.41) is 0. The Labute approximate surface area is 126 Å². The molecule has 0 atom stereocenters. The summed E-state index contributed by atoms with van der Waals surface area (Å²) < 4.78 is 30.8. The molecule has 1 aromatic heterocycles. The van der Waals surface area contributed by atoms with Gasteiger partial charge in [0.05, 0.1) is 4.90 Å². The van der Waals surface area contributed by atoms with Crippen LogP contribution in [0.1, 0.15) is 12.7 Å². The lowest BCUT2D eigenvalue weighted by molar-refractivity contribution is 0.588. The number of nitrogens with two attached hydrogens (primary N) is 1. The molecule has 0 bridgehead atoms. The Morgan fingerprint density at radius 2 is 2.20 bits per heavy atom. The third-order valence-electron chi connectivity index (χ3n) is 2.53. The van der Waals surface area contributed by atoms with Crippen molar-refractivity contribution in [2.24, 2.45) is 0 Å². The topological polar surface area (TPSA) is 98.0 Å². The highest BCUT2D eigenvalue weighted by atomic mass is 32.2. The molecule has 0 amide bonds. The molecule has 0 aliphatic rings. The second kappa shape index (κ2) is 6.08. The molecule has 9 heteroatoms. The van der Waals surface area contributed by atoms with Crippen LogP contribution in [0.2, 0.25) is 0 Å². The molecule has 0 fully saturated rings.